The minimum absolute atomic E-state index is 0.00984. The second-order valence-electron chi connectivity index (χ2n) is 3.49. The van der Waals surface area contributed by atoms with E-state index < -0.39 is 0 Å². The van der Waals surface area contributed by atoms with Gasteiger partial charge in [-0.2, -0.15) is 0 Å². The monoisotopic (exact) mass is 310 g/mol. The van der Waals surface area contributed by atoms with Gasteiger partial charge in [0.15, 0.2) is 6.29 Å². The first-order chi connectivity index (χ1) is 6.84. The number of alkyl halides is 1. The number of rotatable bonds is 5. The molecule has 0 bridgehead atoms. The fourth-order valence-corrected chi connectivity index (χ4v) is 2.23. The lowest BCUT2D eigenvalue weighted by atomic mass is 10.2. The number of hydrogen-bond donors (Lipinski definition) is 0. The summed E-state index contributed by atoms with van der Waals surface area (Å²) in [6.07, 6.45) is 8.99. The van der Waals surface area contributed by atoms with Crippen LogP contribution >= 0.6 is 22.6 Å². The second-order valence-corrected chi connectivity index (χ2v) is 5.09. The number of hydrogen-bond acceptors (Lipinski definition) is 2. The number of allylic oxidation sites excluding steroid dienone is 1. The Bertz CT molecular complexity index is 171. The lowest BCUT2D eigenvalue weighted by Crippen LogP contribution is -2.32. The van der Waals surface area contributed by atoms with Crippen LogP contribution in [0.15, 0.2) is 12.2 Å². The predicted octanol–water partition coefficient (Wildman–Crippen LogP) is 3.30. The summed E-state index contributed by atoms with van der Waals surface area (Å²) in [5.74, 6) is 0. The molecule has 1 rings (SSSR count). The van der Waals surface area contributed by atoms with E-state index in [2.05, 4.69) is 41.7 Å². The Morgan fingerprint density at radius 1 is 1.50 bits per heavy atom. The SMILES string of the molecule is CCC/C=C/CO[C@H]1OCCC[C@@H]1I. The topological polar surface area (TPSA) is 18.5 Å². The molecule has 0 aromatic rings. The van der Waals surface area contributed by atoms with Crippen LogP contribution in [0.5, 0.6) is 0 Å². The van der Waals surface area contributed by atoms with Crippen LogP contribution in [-0.4, -0.2) is 23.4 Å². The van der Waals surface area contributed by atoms with Gasteiger partial charge in [0.1, 0.15) is 0 Å². The molecule has 2 atom stereocenters. The van der Waals surface area contributed by atoms with Crippen molar-refractivity contribution in [1.82, 2.24) is 0 Å². The highest BCUT2D eigenvalue weighted by atomic mass is 127. The lowest BCUT2D eigenvalue weighted by Gasteiger charge is -2.27. The van der Waals surface area contributed by atoms with E-state index in [4.69, 9.17) is 9.47 Å². The maximum absolute atomic E-state index is 5.63. The maximum atomic E-state index is 5.63. The molecule has 1 saturated heterocycles. The van der Waals surface area contributed by atoms with Crippen LogP contribution < -0.4 is 0 Å². The Kier molecular flexibility index (Phi) is 6.81. The summed E-state index contributed by atoms with van der Waals surface area (Å²) in [6, 6.07) is 0. The van der Waals surface area contributed by atoms with Gasteiger partial charge in [0, 0.05) is 6.61 Å². The first-order valence-electron chi connectivity index (χ1n) is 5.37. The van der Waals surface area contributed by atoms with E-state index in [-0.39, 0.29) is 6.29 Å². The first-order valence-corrected chi connectivity index (χ1v) is 6.61. The lowest BCUT2D eigenvalue weighted by molar-refractivity contribution is -0.148. The molecule has 1 fully saturated rings. The molecule has 0 radical (unpaired) electrons. The highest BCUT2D eigenvalue weighted by Crippen LogP contribution is 2.22. The summed E-state index contributed by atoms with van der Waals surface area (Å²) in [6.45, 7) is 3.71. The molecule has 3 heteroatoms. The van der Waals surface area contributed by atoms with Crippen molar-refractivity contribution in [3.63, 3.8) is 0 Å². The molecule has 0 saturated carbocycles. The summed E-state index contributed by atoms with van der Waals surface area (Å²) in [7, 11) is 0. The van der Waals surface area contributed by atoms with Crippen molar-refractivity contribution in [2.45, 2.75) is 42.8 Å². The number of unbranched alkanes of at least 4 members (excludes halogenated alkanes) is 1. The van der Waals surface area contributed by atoms with E-state index in [1.54, 1.807) is 0 Å². The number of ether oxygens (including phenoxy) is 2. The standard InChI is InChI=1S/C11H19IO2/c1-2-3-4-5-8-13-11-10(12)7-6-9-14-11/h4-5,10-11H,2-3,6-9H2,1H3/b5-4+/t10-,11-/m0/s1. The van der Waals surface area contributed by atoms with Crippen LogP contribution in [0.3, 0.4) is 0 Å². The zero-order chi connectivity index (χ0) is 10.2. The van der Waals surface area contributed by atoms with Crippen molar-refractivity contribution in [2.24, 2.45) is 0 Å². The minimum Gasteiger partial charge on any atom is -0.352 e. The highest BCUT2D eigenvalue weighted by molar-refractivity contribution is 14.1. The van der Waals surface area contributed by atoms with Gasteiger partial charge in [-0.15, -0.1) is 0 Å². The Balaban J connectivity index is 2.10. The molecule has 0 unspecified atom stereocenters. The largest absolute Gasteiger partial charge is 0.352 e. The van der Waals surface area contributed by atoms with Crippen molar-refractivity contribution < 1.29 is 9.47 Å². The van der Waals surface area contributed by atoms with Gasteiger partial charge in [0.25, 0.3) is 0 Å². The molecule has 2 nitrogen and oxygen atoms in total. The Morgan fingerprint density at radius 2 is 2.36 bits per heavy atom. The third kappa shape index (κ3) is 4.75. The fraction of sp³-hybridized carbons (Fsp3) is 0.818. The normalized spacial score (nSPS) is 28.4. The van der Waals surface area contributed by atoms with E-state index >= 15 is 0 Å². The van der Waals surface area contributed by atoms with Crippen molar-refractivity contribution in [2.75, 3.05) is 13.2 Å². The van der Waals surface area contributed by atoms with Gasteiger partial charge >= 0.3 is 0 Å². The summed E-state index contributed by atoms with van der Waals surface area (Å²) >= 11 is 2.41. The molecule has 1 aliphatic rings. The molecule has 0 amide bonds. The first kappa shape index (κ1) is 12.5. The van der Waals surface area contributed by atoms with Gasteiger partial charge in [-0.05, 0) is 19.3 Å². The minimum atomic E-state index is 0.00984. The van der Waals surface area contributed by atoms with Gasteiger partial charge in [-0.25, -0.2) is 0 Å². The van der Waals surface area contributed by atoms with Crippen molar-refractivity contribution in [3.8, 4) is 0 Å². The number of halogens is 1. The van der Waals surface area contributed by atoms with E-state index in [0.717, 1.165) is 13.0 Å². The highest BCUT2D eigenvalue weighted by Gasteiger charge is 2.23. The van der Waals surface area contributed by atoms with Crippen molar-refractivity contribution in [1.29, 1.82) is 0 Å². The summed E-state index contributed by atoms with van der Waals surface area (Å²) in [5.41, 5.74) is 0. The average Bonchev–Trinajstić information content (AvgIpc) is 2.20. The summed E-state index contributed by atoms with van der Waals surface area (Å²) < 4.78 is 11.7. The zero-order valence-electron chi connectivity index (χ0n) is 8.75. The summed E-state index contributed by atoms with van der Waals surface area (Å²) in [4.78, 5) is 0. The van der Waals surface area contributed by atoms with Gasteiger partial charge in [0.05, 0.1) is 10.5 Å². The molecular formula is C11H19IO2. The van der Waals surface area contributed by atoms with Crippen LogP contribution in [0.25, 0.3) is 0 Å². The van der Waals surface area contributed by atoms with Crippen LogP contribution in [0, 0.1) is 0 Å². The molecule has 1 heterocycles. The molecule has 0 aromatic carbocycles. The molecule has 0 N–H and O–H groups in total. The fourth-order valence-electron chi connectivity index (χ4n) is 1.37. The van der Waals surface area contributed by atoms with Crippen LogP contribution in [0.4, 0.5) is 0 Å². The van der Waals surface area contributed by atoms with Gasteiger partial charge in [-0.3, -0.25) is 0 Å². The van der Waals surface area contributed by atoms with E-state index in [1.807, 2.05) is 0 Å². The molecule has 0 spiro atoms. The third-order valence-corrected chi connectivity index (χ3v) is 3.39. The van der Waals surface area contributed by atoms with Gasteiger partial charge in [-0.1, -0.05) is 48.1 Å². The van der Waals surface area contributed by atoms with Gasteiger partial charge in [0.2, 0.25) is 0 Å². The van der Waals surface area contributed by atoms with E-state index in [0.29, 0.717) is 10.5 Å². The molecule has 1 aliphatic heterocycles. The van der Waals surface area contributed by atoms with Crippen molar-refractivity contribution in [3.05, 3.63) is 12.2 Å². The molecule has 14 heavy (non-hydrogen) atoms. The molecule has 82 valence electrons. The third-order valence-electron chi connectivity index (χ3n) is 2.18. The van der Waals surface area contributed by atoms with E-state index in [9.17, 15) is 0 Å². The maximum Gasteiger partial charge on any atom is 0.169 e. The Hall–Kier alpha value is 0.390. The van der Waals surface area contributed by atoms with Crippen LogP contribution in [0.2, 0.25) is 0 Å². The van der Waals surface area contributed by atoms with Gasteiger partial charge < -0.3 is 9.47 Å². The van der Waals surface area contributed by atoms with Crippen LogP contribution in [-0.2, 0) is 9.47 Å². The Morgan fingerprint density at radius 3 is 3.07 bits per heavy atom. The average molecular weight is 310 g/mol. The Labute approximate surface area is 100 Å². The molecule has 0 aliphatic carbocycles. The quantitative estimate of drug-likeness (QED) is 0.441. The smallest absolute Gasteiger partial charge is 0.169 e. The zero-order valence-corrected chi connectivity index (χ0v) is 10.9. The van der Waals surface area contributed by atoms with E-state index in [1.165, 1.54) is 19.3 Å². The predicted molar refractivity (Wildman–Crippen MR) is 66.8 cm³/mol. The summed E-state index contributed by atoms with van der Waals surface area (Å²) in [5, 5.41) is 0. The van der Waals surface area contributed by atoms with Crippen LogP contribution in [0.1, 0.15) is 32.6 Å². The molecular weight excluding hydrogens is 291 g/mol. The molecule has 0 aromatic heterocycles. The van der Waals surface area contributed by atoms with Crippen molar-refractivity contribution >= 4 is 22.6 Å². The second kappa shape index (κ2) is 7.65.